The van der Waals surface area contributed by atoms with Crippen LogP contribution in [0.2, 0.25) is 0 Å². The van der Waals surface area contributed by atoms with E-state index in [1.165, 1.54) is 12.3 Å². The number of nitrogens with zero attached hydrogens (tertiary/aromatic N) is 1. The van der Waals surface area contributed by atoms with Crippen molar-refractivity contribution in [1.82, 2.24) is 4.98 Å². The topological polar surface area (TPSA) is 38.9 Å². The van der Waals surface area contributed by atoms with Gasteiger partial charge in [-0.25, -0.2) is 4.98 Å². The molecule has 0 aliphatic heterocycles. The van der Waals surface area contributed by atoms with E-state index in [4.69, 9.17) is 5.73 Å². The molecule has 0 amide bonds. The summed E-state index contributed by atoms with van der Waals surface area (Å²) in [5, 5.41) is 0. The number of hydrogen-bond acceptors (Lipinski definition) is 2. The normalized spacial score (nSPS) is 13.1. The molecule has 0 fully saturated rings. The third kappa shape index (κ3) is 1.51. The van der Waals surface area contributed by atoms with Crippen molar-refractivity contribution in [3.63, 3.8) is 0 Å². The van der Waals surface area contributed by atoms with Gasteiger partial charge in [0.2, 0.25) is 5.95 Å². The smallest absolute Gasteiger partial charge is 0.213 e. The van der Waals surface area contributed by atoms with E-state index < -0.39 is 5.95 Å². The summed E-state index contributed by atoms with van der Waals surface area (Å²) in [5.41, 5.74) is 6.26. The van der Waals surface area contributed by atoms with Gasteiger partial charge in [-0.1, -0.05) is 0 Å². The maximum atomic E-state index is 12.4. The molecule has 0 aromatic carbocycles. The van der Waals surface area contributed by atoms with Crippen LogP contribution in [0.15, 0.2) is 18.3 Å². The Morgan fingerprint density at radius 3 is 2.80 bits per heavy atom. The van der Waals surface area contributed by atoms with Crippen LogP contribution in [0, 0.1) is 5.95 Å². The molecule has 1 heterocycles. The third-order valence-electron chi connectivity index (χ3n) is 1.28. The van der Waals surface area contributed by atoms with E-state index in [0.29, 0.717) is 0 Å². The van der Waals surface area contributed by atoms with Crippen LogP contribution in [0.25, 0.3) is 0 Å². The first-order chi connectivity index (χ1) is 4.70. The Morgan fingerprint density at radius 1 is 1.70 bits per heavy atom. The molecular weight excluding hydrogens is 131 g/mol. The van der Waals surface area contributed by atoms with Crippen molar-refractivity contribution in [1.29, 1.82) is 0 Å². The van der Waals surface area contributed by atoms with Gasteiger partial charge in [0, 0.05) is 12.2 Å². The summed E-state index contributed by atoms with van der Waals surface area (Å²) in [6, 6.07) is 2.91. The van der Waals surface area contributed by atoms with Gasteiger partial charge in [-0.05, 0) is 24.6 Å². The Bertz CT molecular complexity index is 223. The Hall–Kier alpha value is -0.960. The predicted molar refractivity (Wildman–Crippen MR) is 36.8 cm³/mol. The Kier molecular flexibility index (Phi) is 1.97. The number of nitrogens with two attached hydrogens (primary N) is 1. The summed E-state index contributed by atoms with van der Waals surface area (Å²) in [6.07, 6.45) is 1.41. The number of halogens is 1. The van der Waals surface area contributed by atoms with Gasteiger partial charge >= 0.3 is 0 Å². The van der Waals surface area contributed by atoms with Gasteiger partial charge in [0.15, 0.2) is 0 Å². The van der Waals surface area contributed by atoms with Gasteiger partial charge < -0.3 is 5.73 Å². The van der Waals surface area contributed by atoms with E-state index >= 15 is 0 Å². The van der Waals surface area contributed by atoms with Crippen LogP contribution in [0.4, 0.5) is 4.39 Å². The zero-order valence-electron chi connectivity index (χ0n) is 5.71. The van der Waals surface area contributed by atoms with Gasteiger partial charge in [0.05, 0.1) is 0 Å². The molecule has 1 aromatic heterocycles. The maximum Gasteiger partial charge on any atom is 0.213 e. The molecule has 0 saturated heterocycles. The molecule has 1 rings (SSSR count). The quantitative estimate of drug-likeness (QED) is 0.596. The molecule has 0 spiro atoms. The summed E-state index contributed by atoms with van der Waals surface area (Å²) in [6.45, 7) is 1.80. The zero-order valence-corrected chi connectivity index (χ0v) is 5.71. The second kappa shape index (κ2) is 2.75. The summed E-state index contributed by atoms with van der Waals surface area (Å²) >= 11 is 0. The highest BCUT2D eigenvalue weighted by atomic mass is 19.1. The largest absolute Gasteiger partial charge is 0.324 e. The van der Waals surface area contributed by atoms with Crippen molar-refractivity contribution < 1.29 is 4.39 Å². The fourth-order valence-electron chi connectivity index (χ4n) is 0.701. The second-order valence-corrected chi connectivity index (χ2v) is 2.20. The van der Waals surface area contributed by atoms with Crippen molar-refractivity contribution in [3.8, 4) is 0 Å². The van der Waals surface area contributed by atoms with Crippen LogP contribution in [0.1, 0.15) is 18.5 Å². The third-order valence-corrected chi connectivity index (χ3v) is 1.28. The molecule has 10 heavy (non-hydrogen) atoms. The van der Waals surface area contributed by atoms with E-state index in [1.54, 1.807) is 13.0 Å². The fourth-order valence-corrected chi connectivity index (χ4v) is 0.701. The van der Waals surface area contributed by atoms with Crippen molar-refractivity contribution in [2.24, 2.45) is 5.73 Å². The van der Waals surface area contributed by atoms with Gasteiger partial charge in [-0.2, -0.15) is 4.39 Å². The first-order valence-corrected chi connectivity index (χ1v) is 3.07. The fraction of sp³-hybridized carbons (Fsp3) is 0.286. The molecule has 2 nitrogen and oxygen atoms in total. The molecule has 0 aliphatic rings. The minimum atomic E-state index is -0.477. The average Bonchev–Trinajstić information content (AvgIpc) is 1.88. The van der Waals surface area contributed by atoms with Crippen LogP contribution < -0.4 is 5.73 Å². The number of rotatable bonds is 1. The van der Waals surface area contributed by atoms with Crippen LogP contribution in [-0.2, 0) is 0 Å². The molecule has 2 N–H and O–H groups in total. The monoisotopic (exact) mass is 140 g/mol. The van der Waals surface area contributed by atoms with E-state index in [0.717, 1.165) is 5.56 Å². The summed E-state index contributed by atoms with van der Waals surface area (Å²) < 4.78 is 12.4. The molecule has 1 atom stereocenters. The van der Waals surface area contributed by atoms with E-state index in [9.17, 15) is 4.39 Å². The Morgan fingerprint density at radius 2 is 2.40 bits per heavy atom. The van der Waals surface area contributed by atoms with E-state index in [-0.39, 0.29) is 6.04 Å². The molecule has 0 unspecified atom stereocenters. The number of aromatic nitrogens is 1. The van der Waals surface area contributed by atoms with Crippen LogP contribution in [0.5, 0.6) is 0 Å². The van der Waals surface area contributed by atoms with Gasteiger partial charge in [-0.3, -0.25) is 0 Å². The molecule has 0 saturated carbocycles. The molecule has 0 radical (unpaired) electrons. The molecule has 3 heteroatoms. The lowest BCUT2D eigenvalue weighted by molar-refractivity contribution is 0.578. The summed E-state index contributed by atoms with van der Waals surface area (Å²) in [7, 11) is 0. The SMILES string of the molecule is C[C@H](N)c1ccnc(F)c1. The van der Waals surface area contributed by atoms with Crippen LogP contribution >= 0.6 is 0 Å². The van der Waals surface area contributed by atoms with E-state index in [1.807, 2.05) is 0 Å². The number of pyridine rings is 1. The van der Waals surface area contributed by atoms with Gasteiger partial charge in [0.1, 0.15) is 0 Å². The second-order valence-electron chi connectivity index (χ2n) is 2.20. The first kappa shape index (κ1) is 7.15. The van der Waals surface area contributed by atoms with Gasteiger partial charge in [-0.15, -0.1) is 0 Å². The van der Waals surface area contributed by atoms with E-state index in [2.05, 4.69) is 4.98 Å². The highest BCUT2D eigenvalue weighted by molar-refractivity contribution is 5.13. The lowest BCUT2D eigenvalue weighted by Crippen LogP contribution is -2.05. The standard InChI is InChI=1S/C7H9FN2/c1-5(9)6-2-3-10-7(8)4-6/h2-5H,9H2,1H3/t5-/m0/s1. The highest BCUT2D eigenvalue weighted by Gasteiger charge is 1.99. The van der Waals surface area contributed by atoms with Crippen molar-refractivity contribution in [3.05, 3.63) is 29.8 Å². The molecule has 0 bridgehead atoms. The zero-order chi connectivity index (χ0) is 7.56. The molecule has 0 aliphatic carbocycles. The summed E-state index contributed by atoms with van der Waals surface area (Å²) in [5.74, 6) is -0.477. The Balaban J connectivity index is 2.96. The average molecular weight is 140 g/mol. The highest BCUT2D eigenvalue weighted by Crippen LogP contribution is 2.07. The minimum Gasteiger partial charge on any atom is -0.324 e. The molecular formula is C7H9FN2. The van der Waals surface area contributed by atoms with Crippen LogP contribution in [0.3, 0.4) is 0 Å². The lowest BCUT2D eigenvalue weighted by atomic mass is 10.1. The van der Waals surface area contributed by atoms with Crippen LogP contribution in [-0.4, -0.2) is 4.98 Å². The predicted octanol–water partition coefficient (Wildman–Crippen LogP) is 1.24. The first-order valence-electron chi connectivity index (χ1n) is 3.07. The Labute approximate surface area is 58.9 Å². The lowest BCUT2D eigenvalue weighted by Gasteiger charge is -2.02. The minimum absolute atomic E-state index is 0.127. The number of hydrogen-bond donors (Lipinski definition) is 1. The van der Waals surface area contributed by atoms with Gasteiger partial charge in [0.25, 0.3) is 0 Å². The van der Waals surface area contributed by atoms with Crippen molar-refractivity contribution in [2.45, 2.75) is 13.0 Å². The molecule has 54 valence electrons. The van der Waals surface area contributed by atoms with Crippen molar-refractivity contribution in [2.75, 3.05) is 0 Å². The van der Waals surface area contributed by atoms with Crippen molar-refractivity contribution >= 4 is 0 Å². The maximum absolute atomic E-state index is 12.4. The molecule has 1 aromatic rings. The summed E-state index contributed by atoms with van der Waals surface area (Å²) in [4.78, 5) is 3.40.